The van der Waals surface area contributed by atoms with Gasteiger partial charge in [0.05, 0.1) is 17.2 Å². The Morgan fingerprint density at radius 3 is 2.29 bits per heavy atom. The van der Waals surface area contributed by atoms with Crippen molar-refractivity contribution in [1.29, 1.82) is 0 Å². The Bertz CT molecular complexity index is 1300. The molecule has 3 aromatic carbocycles. The molecular formula is C26H17BrF3NO3. The first kappa shape index (κ1) is 23.5. The number of halogens is 4. The van der Waals surface area contributed by atoms with Gasteiger partial charge in [-0.15, -0.1) is 0 Å². The fraction of sp³-hybridized carbons (Fsp3) is 0.0769. The van der Waals surface area contributed by atoms with Gasteiger partial charge in [0.2, 0.25) is 0 Å². The highest BCUT2D eigenvalue weighted by Gasteiger charge is 2.44. The molecule has 4 nitrogen and oxygen atoms in total. The van der Waals surface area contributed by atoms with Crippen molar-refractivity contribution < 1.29 is 27.9 Å². The van der Waals surface area contributed by atoms with Gasteiger partial charge in [-0.05, 0) is 47.5 Å². The summed E-state index contributed by atoms with van der Waals surface area (Å²) >= 11 is 3.32. The van der Waals surface area contributed by atoms with Gasteiger partial charge in [0.1, 0.15) is 0 Å². The second-order valence-corrected chi connectivity index (χ2v) is 8.46. The molecule has 0 radical (unpaired) electrons. The molecule has 0 saturated carbocycles. The van der Waals surface area contributed by atoms with Crippen molar-refractivity contribution in [2.45, 2.75) is 12.2 Å². The zero-order valence-corrected chi connectivity index (χ0v) is 19.0. The molecule has 0 saturated heterocycles. The highest BCUT2D eigenvalue weighted by molar-refractivity contribution is 9.10. The molecule has 0 spiro atoms. The predicted molar refractivity (Wildman–Crippen MR) is 126 cm³/mol. The SMILES string of the molecule is O=C(/C=C/c1ccccc1)C1=C(O)C(=O)N(c2cccc(C(F)(F)F)c2)[C@H]1c1ccc(Br)cc1. The number of amides is 1. The van der Waals surface area contributed by atoms with Crippen molar-refractivity contribution >= 4 is 39.4 Å². The summed E-state index contributed by atoms with van der Waals surface area (Å²) < 4.78 is 40.7. The van der Waals surface area contributed by atoms with Crippen LogP contribution in [0.3, 0.4) is 0 Å². The predicted octanol–water partition coefficient (Wildman–Crippen LogP) is 6.65. The molecule has 1 heterocycles. The van der Waals surface area contributed by atoms with Crippen molar-refractivity contribution in [1.82, 2.24) is 0 Å². The van der Waals surface area contributed by atoms with Crippen LogP contribution >= 0.6 is 15.9 Å². The van der Waals surface area contributed by atoms with Gasteiger partial charge in [0.15, 0.2) is 11.5 Å². The standard InChI is InChI=1S/C26H17BrF3NO3/c27-19-12-10-17(11-13-19)23-22(21(32)14-9-16-5-2-1-3-6-16)24(33)25(34)31(23)20-8-4-7-18(15-20)26(28,29)30/h1-15,23,33H/b14-9+/t23-/m0/s1. The first-order chi connectivity index (χ1) is 16.2. The summed E-state index contributed by atoms with van der Waals surface area (Å²) in [6.45, 7) is 0. The van der Waals surface area contributed by atoms with Gasteiger partial charge in [-0.25, -0.2) is 0 Å². The molecule has 1 N–H and O–H groups in total. The number of aliphatic hydroxyl groups is 1. The zero-order chi connectivity index (χ0) is 24.5. The fourth-order valence-corrected chi connectivity index (χ4v) is 4.01. The molecule has 8 heteroatoms. The molecule has 34 heavy (non-hydrogen) atoms. The molecule has 1 aliphatic heterocycles. The Kier molecular flexibility index (Phi) is 6.43. The summed E-state index contributed by atoms with van der Waals surface area (Å²) in [5.41, 5.74) is -0.0636. The minimum Gasteiger partial charge on any atom is -0.503 e. The van der Waals surface area contributed by atoms with Crippen LogP contribution in [0.4, 0.5) is 18.9 Å². The lowest BCUT2D eigenvalue weighted by molar-refractivity contribution is -0.137. The van der Waals surface area contributed by atoms with Crippen LogP contribution in [0.25, 0.3) is 6.08 Å². The van der Waals surface area contributed by atoms with Crippen molar-refractivity contribution in [2.75, 3.05) is 4.90 Å². The van der Waals surface area contributed by atoms with Gasteiger partial charge >= 0.3 is 6.18 Å². The average molecular weight is 528 g/mol. The van der Waals surface area contributed by atoms with E-state index >= 15 is 0 Å². The van der Waals surface area contributed by atoms with Crippen LogP contribution in [0.1, 0.15) is 22.7 Å². The summed E-state index contributed by atoms with van der Waals surface area (Å²) in [7, 11) is 0. The third kappa shape index (κ3) is 4.68. The summed E-state index contributed by atoms with van der Waals surface area (Å²) in [4.78, 5) is 27.2. The maximum absolute atomic E-state index is 13.3. The van der Waals surface area contributed by atoms with Crippen molar-refractivity contribution in [3.05, 3.63) is 117 Å². The molecule has 1 amide bonds. The number of alkyl halides is 3. The van der Waals surface area contributed by atoms with Crippen LogP contribution in [0, 0.1) is 0 Å². The first-order valence-electron chi connectivity index (χ1n) is 10.1. The smallest absolute Gasteiger partial charge is 0.416 e. The summed E-state index contributed by atoms with van der Waals surface area (Å²) in [6, 6.07) is 18.7. The Balaban J connectivity index is 1.81. The van der Waals surface area contributed by atoms with Crippen molar-refractivity contribution in [3.63, 3.8) is 0 Å². The van der Waals surface area contributed by atoms with Gasteiger partial charge in [-0.3, -0.25) is 14.5 Å². The van der Waals surface area contributed by atoms with E-state index in [0.717, 1.165) is 27.1 Å². The molecule has 0 aromatic heterocycles. The van der Waals surface area contributed by atoms with E-state index in [-0.39, 0.29) is 11.3 Å². The van der Waals surface area contributed by atoms with Crippen LogP contribution in [0.15, 0.2) is 101 Å². The Hall–Kier alpha value is -3.65. The normalized spacial score (nSPS) is 16.5. The fourth-order valence-electron chi connectivity index (χ4n) is 3.74. The van der Waals surface area contributed by atoms with E-state index in [4.69, 9.17) is 0 Å². The number of anilines is 1. The van der Waals surface area contributed by atoms with E-state index in [1.807, 2.05) is 6.07 Å². The number of carbonyl (C=O) groups is 2. The molecule has 0 fully saturated rings. The number of benzene rings is 3. The Morgan fingerprint density at radius 1 is 0.971 bits per heavy atom. The van der Waals surface area contributed by atoms with Gasteiger partial charge in [0, 0.05) is 10.2 Å². The monoisotopic (exact) mass is 527 g/mol. The van der Waals surface area contributed by atoms with Crippen LogP contribution in [-0.2, 0) is 15.8 Å². The number of hydrogen-bond acceptors (Lipinski definition) is 3. The minimum atomic E-state index is -4.63. The van der Waals surface area contributed by atoms with Crippen LogP contribution < -0.4 is 4.90 Å². The Morgan fingerprint density at radius 2 is 1.65 bits per heavy atom. The van der Waals surface area contributed by atoms with Crippen molar-refractivity contribution in [2.24, 2.45) is 0 Å². The maximum atomic E-state index is 13.3. The average Bonchev–Trinajstić information content (AvgIpc) is 3.09. The van der Waals surface area contributed by atoms with Gasteiger partial charge < -0.3 is 5.11 Å². The number of aliphatic hydroxyl groups excluding tert-OH is 1. The highest BCUT2D eigenvalue weighted by atomic mass is 79.9. The maximum Gasteiger partial charge on any atom is 0.416 e. The Labute approximate surface area is 201 Å². The molecule has 1 aliphatic rings. The molecule has 0 aliphatic carbocycles. The second kappa shape index (κ2) is 9.30. The minimum absolute atomic E-state index is 0.0888. The largest absolute Gasteiger partial charge is 0.503 e. The van der Waals surface area contributed by atoms with Gasteiger partial charge in [0.25, 0.3) is 5.91 Å². The number of nitrogens with zero attached hydrogens (tertiary/aromatic N) is 1. The van der Waals surface area contributed by atoms with E-state index in [1.165, 1.54) is 18.2 Å². The van der Waals surface area contributed by atoms with E-state index in [0.29, 0.717) is 5.56 Å². The topological polar surface area (TPSA) is 57.6 Å². The second-order valence-electron chi connectivity index (χ2n) is 7.55. The molecule has 1 atom stereocenters. The number of rotatable bonds is 5. The molecule has 172 valence electrons. The molecule has 0 unspecified atom stereocenters. The van der Waals surface area contributed by atoms with E-state index in [2.05, 4.69) is 15.9 Å². The van der Waals surface area contributed by atoms with Crippen LogP contribution in [-0.4, -0.2) is 16.8 Å². The number of ketones is 1. The number of allylic oxidation sites excluding steroid dienone is 1. The van der Waals surface area contributed by atoms with Gasteiger partial charge in [-0.1, -0.05) is 70.5 Å². The molecular weight excluding hydrogens is 511 g/mol. The summed E-state index contributed by atoms with van der Waals surface area (Å²) in [5, 5.41) is 10.7. The van der Waals surface area contributed by atoms with Crippen LogP contribution in [0.5, 0.6) is 0 Å². The number of carbonyl (C=O) groups excluding carboxylic acids is 2. The molecule has 3 aromatic rings. The van der Waals surface area contributed by atoms with E-state index in [9.17, 15) is 27.9 Å². The molecule has 0 bridgehead atoms. The quantitative estimate of drug-likeness (QED) is 0.378. The lowest BCUT2D eigenvalue weighted by atomic mass is 9.95. The lowest BCUT2D eigenvalue weighted by Crippen LogP contribution is -2.31. The zero-order valence-electron chi connectivity index (χ0n) is 17.5. The van der Waals surface area contributed by atoms with Crippen LogP contribution in [0.2, 0.25) is 0 Å². The third-order valence-electron chi connectivity index (χ3n) is 5.34. The summed E-state index contributed by atoms with van der Waals surface area (Å²) in [6.07, 6.45) is -1.85. The van der Waals surface area contributed by atoms with E-state index < -0.39 is 35.2 Å². The highest BCUT2D eigenvalue weighted by Crippen LogP contribution is 2.42. The van der Waals surface area contributed by atoms with Gasteiger partial charge in [-0.2, -0.15) is 13.2 Å². The van der Waals surface area contributed by atoms with Crippen molar-refractivity contribution in [3.8, 4) is 0 Å². The first-order valence-corrected chi connectivity index (χ1v) is 10.9. The van der Waals surface area contributed by atoms with E-state index in [1.54, 1.807) is 54.6 Å². The number of hydrogen-bond donors (Lipinski definition) is 1. The third-order valence-corrected chi connectivity index (χ3v) is 5.87. The molecule has 4 rings (SSSR count). The lowest BCUT2D eigenvalue weighted by Gasteiger charge is -2.27. The summed E-state index contributed by atoms with van der Waals surface area (Å²) in [5.74, 6) is -2.38.